The Hall–Kier alpha value is -5.24. The van der Waals surface area contributed by atoms with Crippen LogP contribution in [-0.2, 0) is 16.1 Å². The van der Waals surface area contributed by atoms with Gasteiger partial charge in [0.05, 0.1) is 35.0 Å². The number of hydrogen-bond acceptors (Lipinski definition) is 13. The molecule has 0 spiro atoms. The molecule has 4 aliphatic carbocycles. The van der Waals surface area contributed by atoms with E-state index >= 15 is 0 Å². The number of pyridine rings is 1. The topological polar surface area (TPSA) is 309 Å². The minimum atomic E-state index is -1.29. The Labute approximate surface area is 377 Å². The highest BCUT2D eigenvalue weighted by atomic mass is 16.4. The molecule has 12 N–H and O–H groups in total. The number of nitrogens with zero attached hydrogens (tertiary/aromatic N) is 1. The number of rotatable bonds is 17. The van der Waals surface area contributed by atoms with Crippen molar-refractivity contribution in [3.8, 4) is 17.2 Å². The van der Waals surface area contributed by atoms with Crippen molar-refractivity contribution in [3.05, 3.63) is 50.9 Å². The van der Waals surface area contributed by atoms with Crippen LogP contribution in [0.5, 0.6) is 17.2 Å². The van der Waals surface area contributed by atoms with Crippen LogP contribution in [0.4, 0.5) is 0 Å². The molecule has 19 heteroatoms. The van der Waals surface area contributed by atoms with Crippen molar-refractivity contribution in [2.75, 3.05) is 39.3 Å². The van der Waals surface area contributed by atoms with Crippen LogP contribution in [0.2, 0.25) is 0 Å². The highest BCUT2D eigenvalue weighted by Gasteiger charge is 2.65. The number of carboxylic acids is 1. The maximum absolute atomic E-state index is 13.1. The number of fused-ring (bicyclic) bond motifs is 5. The van der Waals surface area contributed by atoms with Crippen LogP contribution in [0, 0.1) is 53.3 Å². The number of phenolic OH excluding ortho intramolecular Hbond substituents is 2. The third-order valence-corrected chi connectivity index (χ3v) is 15.6. The molecule has 6 unspecified atom stereocenters. The van der Waals surface area contributed by atoms with Crippen LogP contribution < -0.4 is 32.1 Å². The third-order valence-electron chi connectivity index (χ3n) is 15.6. The minimum absolute atomic E-state index is 0.0157. The summed E-state index contributed by atoms with van der Waals surface area (Å²) in [5, 5.41) is 87.6. The second-order valence-electron chi connectivity index (χ2n) is 19.3. The molecule has 4 amide bonds. The highest BCUT2D eigenvalue weighted by Crippen LogP contribution is 2.68. The lowest BCUT2D eigenvalue weighted by Gasteiger charge is -2.63. The summed E-state index contributed by atoms with van der Waals surface area (Å²) in [6.07, 6.45) is 4.22. The third kappa shape index (κ3) is 9.98. The number of carboxylic acid groups (broad SMARTS) is 1. The van der Waals surface area contributed by atoms with E-state index in [-0.39, 0.29) is 121 Å². The molecular formula is C46H66N6O13. The van der Waals surface area contributed by atoms with Gasteiger partial charge in [-0.25, -0.2) is 0 Å². The molecule has 4 saturated carbocycles. The van der Waals surface area contributed by atoms with E-state index < -0.39 is 70.7 Å². The lowest BCUT2D eigenvalue weighted by atomic mass is 9.43. The van der Waals surface area contributed by atoms with Crippen molar-refractivity contribution in [1.82, 2.24) is 31.2 Å². The Bertz CT molecular complexity index is 2200. The standard InChI is InChI=1S/C46H66N6O13/c1-23(30-7-8-31-37-32(21-34(55)46(30,31)4)45(3)10-9-26(53)19-25(45)20-33(37)54)17-35(56)48-15-16-51-42(63)28-6-5-27(38(59)39(28)60)41(62)49-13-11-47-12-14-50-43(64)29-18-24(2)52(22-36(57)58)44(65)40(29)61/h5-6,18,23,25-26,30-34,37,47,53-55,59-61H,7-17,19-22H2,1-4H3,(H,48,56)(H,49,62)(H,50,64)(H,51,63)(H,57,58)/t23?,25?,26-,30?,31?,32?,33-,34+,37?,45+,46-/m0/s1. The number of aliphatic carboxylic acids is 1. The maximum Gasteiger partial charge on any atom is 0.323 e. The number of benzene rings is 1. The fraction of sp³-hybridized carbons (Fsp3) is 0.652. The molecule has 1 aromatic heterocycles. The molecule has 1 heterocycles. The molecule has 4 fully saturated rings. The average Bonchev–Trinajstić information content (AvgIpc) is 3.61. The predicted octanol–water partition coefficient (Wildman–Crippen LogP) is 0.941. The van der Waals surface area contributed by atoms with E-state index in [9.17, 15) is 59.4 Å². The van der Waals surface area contributed by atoms with Crippen molar-refractivity contribution >= 4 is 29.6 Å². The Kier molecular flexibility index (Phi) is 15.2. The van der Waals surface area contributed by atoms with Gasteiger partial charge in [0.15, 0.2) is 17.2 Å². The molecule has 11 atom stereocenters. The summed E-state index contributed by atoms with van der Waals surface area (Å²) in [5.41, 5.74) is -2.16. The number of aryl methyl sites for hydroxylation is 1. The van der Waals surface area contributed by atoms with Gasteiger partial charge in [-0.15, -0.1) is 0 Å². The molecule has 0 radical (unpaired) electrons. The Balaban J connectivity index is 0.898. The minimum Gasteiger partial charge on any atom is -0.504 e. The smallest absolute Gasteiger partial charge is 0.323 e. The Morgan fingerprint density at radius 1 is 0.754 bits per heavy atom. The van der Waals surface area contributed by atoms with Gasteiger partial charge in [-0.2, -0.15) is 0 Å². The number of carbonyl (C=O) groups excluding carboxylic acids is 4. The zero-order valence-corrected chi connectivity index (χ0v) is 37.6. The van der Waals surface area contributed by atoms with Gasteiger partial charge in [-0.05, 0) is 116 Å². The van der Waals surface area contributed by atoms with E-state index in [2.05, 4.69) is 40.4 Å². The Morgan fingerprint density at radius 2 is 1.32 bits per heavy atom. The summed E-state index contributed by atoms with van der Waals surface area (Å²) >= 11 is 0. The van der Waals surface area contributed by atoms with E-state index in [0.717, 1.165) is 30.3 Å². The quantitative estimate of drug-likeness (QED) is 0.0777. The van der Waals surface area contributed by atoms with Crippen LogP contribution in [0.1, 0.15) is 109 Å². The summed E-state index contributed by atoms with van der Waals surface area (Å²) in [7, 11) is 0. The zero-order valence-electron chi connectivity index (χ0n) is 37.6. The number of hydrogen-bond donors (Lipinski definition) is 12. The number of aliphatic hydroxyl groups is 3. The summed E-state index contributed by atoms with van der Waals surface area (Å²) in [5.74, 6) is -5.52. The van der Waals surface area contributed by atoms with Crippen LogP contribution >= 0.6 is 0 Å². The van der Waals surface area contributed by atoms with E-state index in [1.54, 1.807) is 0 Å². The van der Waals surface area contributed by atoms with Crippen LogP contribution in [0.15, 0.2) is 23.0 Å². The molecule has 19 nitrogen and oxygen atoms in total. The first-order valence-electron chi connectivity index (χ1n) is 22.8. The van der Waals surface area contributed by atoms with Gasteiger partial charge in [0, 0.05) is 51.4 Å². The largest absolute Gasteiger partial charge is 0.504 e. The molecule has 4 aliphatic rings. The molecule has 0 bridgehead atoms. The zero-order chi connectivity index (χ0) is 47.5. The van der Waals surface area contributed by atoms with Gasteiger partial charge in [-0.3, -0.25) is 33.3 Å². The SMILES string of the molecule is Cc1cc(C(=O)NCCNCCNC(=O)c2ccc(C(=O)NCCNC(=O)CC(C)C3CCC4C5C(C[C@@H](O)[C@@]34C)[C@]3(C)CC[C@H](O)CC3C[C@@H]5O)c(O)c2O)c(O)c(=O)n1CC(=O)O. The van der Waals surface area contributed by atoms with Crippen LogP contribution in [0.3, 0.4) is 0 Å². The molecular weight excluding hydrogens is 845 g/mol. The van der Waals surface area contributed by atoms with E-state index in [4.69, 9.17) is 5.11 Å². The number of phenols is 2. The van der Waals surface area contributed by atoms with Crippen molar-refractivity contribution in [3.63, 3.8) is 0 Å². The number of carbonyl (C=O) groups is 5. The number of amides is 4. The molecule has 0 aliphatic heterocycles. The van der Waals surface area contributed by atoms with Crippen molar-refractivity contribution < 1.29 is 59.7 Å². The molecule has 0 saturated heterocycles. The van der Waals surface area contributed by atoms with Crippen LogP contribution in [-0.4, -0.2) is 127 Å². The second-order valence-corrected chi connectivity index (χ2v) is 19.3. The monoisotopic (exact) mass is 910 g/mol. The van der Waals surface area contributed by atoms with Crippen molar-refractivity contribution in [2.24, 2.45) is 46.3 Å². The normalized spacial score (nSPS) is 29.6. The summed E-state index contributed by atoms with van der Waals surface area (Å²) < 4.78 is 0.830. The first kappa shape index (κ1) is 49.2. The highest BCUT2D eigenvalue weighted by molar-refractivity contribution is 6.03. The average molecular weight is 911 g/mol. The van der Waals surface area contributed by atoms with E-state index in [0.29, 0.717) is 19.3 Å². The summed E-state index contributed by atoms with van der Waals surface area (Å²) in [6.45, 7) is 7.95. The first-order valence-corrected chi connectivity index (χ1v) is 22.8. The van der Waals surface area contributed by atoms with Gasteiger partial charge in [0.25, 0.3) is 23.3 Å². The van der Waals surface area contributed by atoms with Gasteiger partial charge in [0.1, 0.15) is 6.54 Å². The van der Waals surface area contributed by atoms with E-state index in [1.807, 2.05) is 6.92 Å². The number of aromatic nitrogens is 1. The number of nitrogens with one attached hydrogen (secondary N) is 5. The predicted molar refractivity (Wildman–Crippen MR) is 235 cm³/mol. The number of aromatic hydroxyl groups is 3. The fourth-order valence-electron chi connectivity index (χ4n) is 12.2. The maximum atomic E-state index is 13.1. The lowest BCUT2D eigenvalue weighted by molar-refractivity contribution is -0.207. The second kappa shape index (κ2) is 20.1. The molecule has 1 aromatic carbocycles. The first-order chi connectivity index (χ1) is 30.7. The molecule has 65 heavy (non-hydrogen) atoms. The van der Waals surface area contributed by atoms with Crippen molar-refractivity contribution in [2.45, 2.75) is 104 Å². The summed E-state index contributed by atoms with van der Waals surface area (Å²) in [4.78, 5) is 74.7. The van der Waals surface area contributed by atoms with Gasteiger partial charge in [0.2, 0.25) is 5.91 Å². The van der Waals surface area contributed by atoms with Crippen LogP contribution in [0.25, 0.3) is 0 Å². The number of aliphatic hydroxyl groups excluding tert-OH is 3. The summed E-state index contributed by atoms with van der Waals surface area (Å²) in [6, 6.07) is 3.59. The molecule has 6 rings (SSSR count). The van der Waals surface area contributed by atoms with E-state index in [1.165, 1.54) is 25.1 Å². The van der Waals surface area contributed by atoms with Crippen molar-refractivity contribution in [1.29, 1.82) is 0 Å². The van der Waals surface area contributed by atoms with Gasteiger partial charge >= 0.3 is 5.97 Å². The fourth-order valence-corrected chi connectivity index (χ4v) is 12.2. The molecule has 2 aromatic rings. The molecule has 358 valence electrons. The Morgan fingerprint density at radius 3 is 1.92 bits per heavy atom. The lowest BCUT2D eigenvalue weighted by Crippen LogP contribution is -2.62. The van der Waals surface area contributed by atoms with Gasteiger partial charge < -0.3 is 62.3 Å². The van der Waals surface area contributed by atoms with Gasteiger partial charge in [-0.1, -0.05) is 20.8 Å².